The van der Waals surface area contributed by atoms with Crippen molar-refractivity contribution < 1.29 is 27.7 Å². The van der Waals surface area contributed by atoms with Crippen LogP contribution in [0.5, 0.6) is 0 Å². The molecule has 2 amide bonds. The molecular weight excluding hydrogens is 540 g/mol. The van der Waals surface area contributed by atoms with Crippen molar-refractivity contribution >= 4 is 33.2 Å². The number of anilines is 2. The van der Waals surface area contributed by atoms with E-state index in [0.29, 0.717) is 22.3 Å². The fraction of sp³-hybridized carbons (Fsp3) is 0.286. The maximum absolute atomic E-state index is 14.1. The van der Waals surface area contributed by atoms with Gasteiger partial charge in [-0.25, -0.2) is 22.8 Å². The molecule has 12 heteroatoms. The molecule has 9 nitrogen and oxygen atoms in total. The Morgan fingerprint density at radius 3 is 2.65 bits per heavy atom. The van der Waals surface area contributed by atoms with Gasteiger partial charge in [-0.15, -0.1) is 4.36 Å². The number of benzene rings is 2. The first-order chi connectivity index (χ1) is 18.9. The predicted molar refractivity (Wildman–Crippen MR) is 147 cm³/mol. The standard InChI is InChI=1S/C28H27F2N5O4S/c1-18-23(20-7-3-6-19(14-20)16-31)17-32-25(35-12-5-10-28(29,30)11-13-35)24(18)26(36)33-21-8-4-9-22(15-21)40(2,39)34-27(37)38/h3-4,6-9,14-15,17H,5,10-13H2,1-2H3,(H,33,36)(H,37,38). The number of pyridine rings is 1. The topological polar surface area (TPSA) is 136 Å². The van der Waals surface area contributed by atoms with E-state index < -0.39 is 27.7 Å². The van der Waals surface area contributed by atoms with Crippen molar-refractivity contribution in [2.45, 2.75) is 37.0 Å². The minimum atomic E-state index is -3.27. The van der Waals surface area contributed by atoms with E-state index in [9.17, 15) is 27.8 Å². The number of carboxylic acid groups (broad SMARTS) is 1. The Morgan fingerprint density at radius 1 is 1.18 bits per heavy atom. The summed E-state index contributed by atoms with van der Waals surface area (Å²) in [7, 11) is -3.27. The molecule has 40 heavy (non-hydrogen) atoms. The van der Waals surface area contributed by atoms with Gasteiger partial charge >= 0.3 is 6.09 Å². The van der Waals surface area contributed by atoms with E-state index in [0.717, 1.165) is 0 Å². The van der Waals surface area contributed by atoms with Crippen molar-refractivity contribution in [3.8, 4) is 17.2 Å². The molecule has 0 saturated carbocycles. The number of hydrogen-bond acceptors (Lipinski definition) is 6. The molecule has 4 rings (SSSR count). The Labute approximate surface area is 230 Å². The minimum absolute atomic E-state index is 0.00700. The molecule has 1 aliphatic heterocycles. The van der Waals surface area contributed by atoms with Gasteiger partial charge in [0.2, 0.25) is 5.92 Å². The number of nitriles is 1. The quantitative estimate of drug-likeness (QED) is 0.389. The molecule has 0 bridgehead atoms. The maximum atomic E-state index is 14.1. The highest BCUT2D eigenvalue weighted by atomic mass is 32.2. The third kappa shape index (κ3) is 6.43. The second-order valence-electron chi connectivity index (χ2n) is 9.54. The molecule has 1 fully saturated rings. The monoisotopic (exact) mass is 567 g/mol. The van der Waals surface area contributed by atoms with Gasteiger partial charge in [0.05, 0.1) is 26.9 Å². The van der Waals surface area contributed by atoms with Crippen molar-refractivity contribution in [1.29, 1.82) is 5.26 Å². The first-order valence-electron chi connectivity index (χ1n) is 12.4. The molecule has 1 aliphatic rings. The predicted octanol–water partition coefficient (Wildman–Crippen LogP) is 5.94. The Balaban J connectivity index is 1.79. The Kier molecular flexibility index (Phi) is 8.16. The first-order valence-corrected chi connectivity index (χ1v) is 14.3. The van der Waals surface area contributed by atoms with Crippen molar-refractivity contribution in [2.24, 2.45) is 4.36 Å². The molecule has 1 saturated heterocycles. The third-order valence-corrected chi connectivity index (χ3v) is 8.28. The molecule has 208 valence electrons. The third-order valence-electron chi connectivity index (χ3n) is 6.65. The van der Waals surface area contributed by atoms with E-state index >= 15 is 0 Å². The Bertz CT molecular complexity index is 1640. The summed E-state index contributed by atoms with van der Waals surface area (Å²) in [5.74, 6) is -3.13. The van der Waals surface area contributed by atoms with Crippen LogP contribution in [-0.2, 0) is 9.73 Å². The zero-order valence-electron chi connectivity index (χ0n) is 21.9. The number of carbonyl (C=O) groups excluding carboxylic acids is 1. The number of carbonyl (C=O) groups is 2. The van der Waals surface area contributed by atoms with Crippen LogP contribution < -0.4 is 10.2 Å². The van der Waals surface area contributed by atoms with Crippen molar-refractivity contribution in [3.05, 3.63) is 71.4 Å². The molecule has 0 spiro atoms. The number of hydrogen-bond donors (Lipinski definition) is 2. The van der Waals surface area contributed by atoms with E-state index in [1.54, 1.807) is 48.4 Å². The normalized spacial score (nSPS) is 16.2. The van der Waals surface area contributed by atoms with Gasteiger partial charge in [0, 0.05) is 54.5 Å². The number of nitrogens with one attached hydrogen (secondary N) is 1. The smallest absolute Gasteiger partial charge is 0.439 e. The SMILES string of the molecule is Cc1c(-c2cccc(C#N)c2)cnc(N2CCCC(F)(F)CC2)c1C(=O)Nc1cccc(S(C)(=O)=NC(=O)O)c1. The number of rotatable bonds is 5. The van der Waals surface area contributed by atoms with Crippen molar-refractivity contribution in [2.75, 3.05) is 29.6 Å². The second-order valence-corrected chi connectivity index (χ2v) is 11.8. The lowest BCUT2D eigenvalue weighted by Crippen LogP contribution is -2.30. The zero-order valence-corrected chi connectivity index (χ0v) is 22.7. The Morgan fingerprint density at radius 2 is 1.93 bits per heavy atom. The van der Waals surface area contributed by atoms with Crippen LogP contribution in [0.4, 0.5) is 25.1 Å². The van der Waals surface area contributed by atoms with Gasteiger partial charge in [-0.05, 0) is 54.8 Å². The summed E-state index contributed by atoms with van der Waals surface area (Å²) in [6.07, 6.45) is 0.770. The fourth-order valence-electron chi connectivity index (χ4n) is 4.63. The highest BCUT2D eigenvalue weighted by Crippen LogP contribution is 2.35. The van der Waals surface area contributed by atoms with Crippen LogP contribution in [0.1, 0.15) is 40.7 Å². The molecule has 1 atom stereocenters. The number of alkyl halides is 2. The van der Waals surface area contributed by atoms with E-state index in [-0.39, 0.29) is 54.3 Å². The van der Waals surface area contributed by atoms with Crippen LogP contribution in [0, 0.1) is 18.3 Å². The molecular formula is C28H27F2N5O4S. The highest BCUT2D eigenvalue weighted by Gasteiger charge is 2.33. The summed E-state index contributed by atoms with van der Waals surface area (Å²) in [6, 6.07) is 14.8. The number of aromatic nitrogens is 1. The molecule has 1 unspecified atom stereocenters. The van der Waals surface area contributed by atoms with Gasteiger partial charge in [-0.2, -0.15) is 5.26 Å². The van der Waals surface area contributed by atoms with E-state index in [1.165, 1.54) is 24.5 Å². The lowest BCUT2D eigenvalue weighted by Gasteiger charge is -2.26. The zero-order chi connectivity index (χ0) is 29.1. The summed E-state index contributed by atoms with van der Waals surface area (Å²) in [5, 5.41) is 21.1. The van der Waals surface area contributed by atoms with Gasteiger partial charge in [0.15, 0.2) is 0 Å². The molecule has 2 N–H and O–H groups in total. The molecule has 0 aliphatic carbocycles. The summed E-state index contributed by atoms with van der Waals surface area (Å²) < 4.78 is 44.3. The first kappa shape index (κ1) is 28.6. The summed E-state index contributed by atoms with van der Waals surface area (Å²) in [5.41, 5.74) is 2.62. The van der Waals surface area contributed by atoms with Crippen molar-refractivity contribution in [1.82, 2.24) is 4.98 Å². The summed E-state index contributed by atoms with van der Waals surface area (Å²) in [4.78, 5) is 31.2. The van der Waals surface area contributed by atoms with E-state index in [1.807, 2.05) is 0 Å². The van der Waals surface area contributed by atoms with Gasteiger partial charge in [-0.3, -0.25) is 4.79 Å². The van der Waals surface area contributed by atoms with Crippen molar-refractivity contribution in [3.63, 3.8) is 0 Å². The number of amides is 2. The Hall–Kier alpha value is -4.37. The fourth-order valence-corrected chi connectivity index (χ4v) is 5.71. The summed E-state index contributed by atoms with van der Waals surface area (Å²) in [6.45, 7) is 2.02. The lowest BCUT2D eigenvalue weighted by atomic mass is 9.96. The van der Waals surface area contributed by atoms with Crippen LogP contribution >= 0.6 is 0 Å². The molecule has 2 aromatic carbocycles. The average Bonchev–Trinajstić information content (AvgIpc) is 3.08. The highest BCUT2D eigenvalue weighted by molar-refractivity contribution is 7.93. The molecule has 2 heterocycles. The van der Waals surface area contributed by atoms with Crippen LogP contribution in [-0.4, -0.2) is 51.6 Å². The van der Waals surface area contributed by atoms with Gasteiger partial charge in [-0.1, -0.05) is 18.2 Å². The van der Waals surface area contributed by atoms with Crippen LogP contribution in [0.15, 0.2) is 64.0 Å². The van der Waals surface area contributed by atoms with E-state index in [2.05, 4.69) is 20.7 Å². The number of nitrogens with zero attached hydrogens (tertiary/aromatic N) is 4. The largest absolute Gasteiger partial charge is 0.463 e. The molecule has 1 aromatic heterocycles. The average molecular weight is 568 g/mol. The maximum Gasteiger partial charge on any atom is 0.439 e. The lowest BCUT2D eigenvalue weighted by molar-refractivity contribution is -0.0102. The van der Waals surface area contributed by atoms with Crippen LogP contribution in [0.3, 0.4) is 0 Å². The van der Waals surface area contributed by atoms with Gasteiger partial charge < -0.3 is 15.3 Å². The van der Waals surface area contributed by atoms with Crippen LogP contribution in [0.25, 0.3) is 11.1 Å². The number of halogens is 2. The molecule has 0 radical (unpaired) electrons. The van der Waals surface area contributed by atoms with Gasteiger partial charge in [0.25, 0.3) is 5.91 Å². The minimum Gasteiger partial charge on any atom is -0.463 e. The van der Waals surface area contributed by atoms with E-state index in [4.69, 9.17) is 5.11 Å². The second kappa shape index (κ2) is 11.4. The van der Waals surface area contributed by atoms with Crippen LogP contribution in [0.2, 0.25) is 0 Å². The molecule has 3 aromatic rings. The van der Waals surface area contributed by atoms with Gasteiger partial charge in [0.1, 0.15) is 5.82 Å². The summed E-state index contributed by atoms with van der Waals surface area (Å²) >= 11 is 0.